The van der Waals surface area contributed by atoms with Crippen LogP contribution in [-0.2, 0) is 26.9 Å². The molecule has 0 aliphatic carbocycles. The maximum Gasteiger partial charge on any atom is 0.417 e. The number of carbonyl (C=O) groups excluding carboxylic acids is 2. The van der Waals surface area contributed by atoms with Crippen molar-refractivity contribution in [1.82, 2.24) is 9.97 Å². The van der Waals surface area contributed by atoms with E-state index in [2.05, 4.69) is 14.7 Å². The van der Waals surface area contributed by atoms with E-state index in [4.69, 9.17) is 22.2 Å². The second-order valence-corrected chi connectivity index (χ2v) is 9.51. The summed E-state index contributed by atoms with van der Waals surface area (Å²) < 4.78 is 66.4. The van der Waals surface area contributed by atoms with Gasteiger partial charge in [0.25, 0.3) is 5.91 Å². The third-order valence-electron chi connectivity index (χ3n) is 6.23. The number of aryl methyl sites for hydroxylation is 1. The lowest BCUT2D eigenvalue weighted by atomic mass is 10.0. The molecule has 1 fully saturated rings. The number of benzene rings is 2. The zero-order valence-corrected chi connectivity index (χ0v) is 22.4. The van der Waals surface area contributed by atoms with Crippen LogP contribution in [0.25, 0.3) is 10.9 Å². The zero-order chi connectivity index (χ0) is 29.6. The van der Waals surface area contributed by atoms with Crippen molar-refractivity contribution >= 4 is 51.5 Å². The number of nitriles is 1. The predicted molar refractivity (Wildman–Crippen MR) is 139 cm³/mol. The average Bonchev–Trinajstić information content (AvgIpc) is 3.08. The molecular formula is C26H21F4N5O4S. The van der Waals surface area contributed by atoms with E-state index in [0.717, 1.165) is 17.0 Å². The number of carbonyl (C=O) groups is 2. The van der Waals surface area contributed by atoms with Crippen molar-refractivity contribution in [3.05, 3.63) is 53.1 Å². The smallest absolute Gasteiger partial charge is 0.417 e. The minimum absolute atomic E-state index is 0.0660. The largest absolute Gasteiger partial charge is 0.466 e. The lowest BCUT2D eigenvalue weighted by Gasteiger charge is -2.29. The average molecular weight is 576 g/mol. The summed E-state index contributed by atoms with van der Waals surface area (Å²) >= 11 is 5.53. The van der Waals surface area contributed by atoms with Crippen LogP contribution in [0.4, 0.5) is 28.9 Å². The SMILES string of the molecule is CCc1nc(OCC(=O)OC)c2cc(N3C(=S)N(c4ccc(C#N)c(C(F)(F)F)c4)C(=O)C3(C)C)cc(F)c2n1. The van der Waals surface area contributed by atoms with Gasteiger partial charge in [0.1, 0.15) is 16.9 Å². The highest BCUT2D eigenvalue weighted by molar-refractivity contribution is 7.81. The number of nitrogens with zero attached hydrogens (tertiary/aromatic N) is 5. The summed E-state index contributed by atoms with van der Waals surface area (Å²) in [6.07, 6.45) is -4.52. The van der Waals surface area contributed by atoms with Gasteiger partial charge in [-0.3, -0.25) is 9.69 Å². The summed E-state index contributed by atoms with van der Waals surface area (Å²) in [5, 5.41) is 8.96. The standard InChI is InChI=1S/C26H21F4N5O4S/c1-5-19-32-21-16(22(33-19)39-12-20(36)38-4)8-15(10-18(21)27)35-24(40)34(23(37)25(35,2)3)14-7-6-13(11-31)17(9-14)26(28,29)30/h6-10H,5,12H2,1-4H3. The molecule has 14 heteroatoms. The first kappa shape index (κ1) is 28.6. The molecule has 1 aliphatic heterocycles. The Bertz CT molecular complexity index is 1600. The van der Waals surface area contributed by atoms with Crippen molar-refractivity contribution in [1.29, 1.82) is 5.26 Å². The number of ether oxygens (including phenoxy) is 2. The van der Waals surface area contributed by atoms with E-state index in [1.165, 1.54) is 44.1 Å². The van der Waals surface area contributed by atoms with E-state index < -0.39 is 47.1 Å². The lowest BCUT2D eigenvalue weighted by molar-refractivity contribution is -0.143. The Labute approximate surface area is 230 Å². The van der Waals surface area contributed by atoms with Crippen LogP contribution in [0.15, 0.2) is 30.3 Å². The van der Waals surface area contributed by atoms with Gasteiger partial charge in [0.05, 0.1) is 35.4 Å². The monoisotopic (exact) mass is 575 g/mol. The maximum absolute atomic E-state index is 15.5. The normalized spacial score (nSPS) is 15.0. The number of hydrogen-bond acceptors (Lipinski definition) is 8. The van der Waals surface area contributed by atoms with Gasteiger partial charge in [-0.05, 0) is 56.4 Å². The third-order valence-corrected chi connectivity index (χ3v) is 6.60. The molecular weight excluding hydrogens is 554 g/mol. The van der Waals surface area contributed by atoms with E-state index in [0.29, 0.717) is 12.5 Å². The molecule has 0 spiro atoms. The van der Waals surface area contributed by atoms with Crippen LogP contribution in [0, 0.1) is 17.1 Å². The molecule has 0 radical (unpaired) electrons. The molecule has 0 saturated carbocycles. The van der Waals surface area contributed by atoms with Crippen LogP contribution in [0.5, 0.6) is 5.88 Å². The fourth-order valence-electron chi connectivity index (χ4n) is 4.24. The molecule has 1 saturated heterocycles. The number of alkyl halides is 3. The van der Waals surface area contributed by atoms with Gasteiger partial charge in [0.15, 0.2) is 17.5 Å². The van der Waals surface area contributed by atoms with Crippen molar-refractivity contribution in [2.75, 3.05) is 23.5 Å². The minimum Gasteiger partial charge on any atom is -0.466 e. The summed E-state index contributed by atoms with van der Waals surface area (Å²) in [6, 6.07) is 6.79. The quantitative estimate of drug-likeness (QED) is 0.235. The van der Waals surface area contributed by atoms with Crippen LogP contribution in [0.2, 0.25) is 0 Å². The number of fused-ring (bicyclic) bond motifs is 1. The van der Waals surface area contributed by atoms with Gasteiger partial charge in [-0.2, -0.15) is 23.4 Å². The number of rotatable bonds is 6. The van der Waals surface area contributed by atoms with Crippen molar-refractivity contribution in [2.45, 2.75) is 38.9 Å². The molecule has 9 nitrogen and oxygen atoms in total. The Kier molecular flexibility index (Phi) is 7.37. The van der Waals surface area contributed by atoms with Gasteiger partial charge in [-0.15, -0.1) is 0 Å². The van der Waals surface area contributed by atoms with Crippen LogP contribution in [-0.4, -0.2) is 46.2 Å². The Morgan fingerprint density at radius 1 is 1.18 bits per heavy atom. The van der Waals surface area contributed by atoms with Gasteiger partial charge in [-0.25, -0.2) is 14.2 Å². The van der Waals surface area contributed by atoms with Crippen molar-refractivity contribution in [3.8, 4) is 11.9 Å². The number of esters is 1. The van der Waals surface area contributed by atoms with Crippen LogP contribution in [0.1, 0.15) is 37.7 Å². The van der Waals surface area contributed by atoms with Crippen molar-refractivity contribution in [2.24, 2.45) is 0 Å². The molecule has 1 aliphatic rings. The van der Waals surface area contributed by atoms with Crippen molar-refractivity contribution in [3.63, 3.8) is 0 Å². The van der Waals surface area contributed by atoms with E-state index in [-0.39, 0.29) is 39.1 Å². The van der Waals surface area contributed by atoms with Gasteiger partial charge < -0.3 is 14.4 Å². The highest BCUT2D eigenvalue weighted by atomic mass is 32.1. The Hall–Kier alpha value is -4.38. The second-order valence-electron chi connectivity index (χ2n) is 9.14. The van der Waals surface area contributed by atoms with E-state index in [9.17, 15) is 22.8 Å². The van der Waals surface area contributed by atoms with E-state index in [1.807, 2.05) is 0 Å². The molecule has 3 aromatic rings. The zero-order valence-electron chi connectivity index (χ0n) is 21.6. The molecule has 1 aromatic heterocycles. The second kappa shape index (κ2) is 10.3. The lowest BCUT2D eigenvalue weighted by Crippen LogP contribution is -2.44. The number of thiocarbonyl (C=S) groups is 1. The fraction of sp³-hybridized carbons (Fsp3) is 0.308. The highest BCUT2D eigenvalue weighted by Crippen LogP contribution is 2.41. The Morgan fingerprint density at radius 3 is 2.48 bits per heavy atom. The molecule has 2 heterocycles. The molecule has 1 amide bonds. The van der Waals surface area contributed by atoms with E-state index in [1.54, 1.807) is 6.92 Å². The summed E-state index contributed by atoms with van der Waals surface area (Å²) in [6.45, 7) is 4.18. The topological polar surface area (TPSA) is 109 Å². The number of amides is 1. The van der Waals surface area contributed by atoms with Crippen LogP contribution < -0.4 is 14.5 Å². The van der Waals surface area contributed by atoms with Crippen LogP contribution in [0.3, 0.4) is 0 Å². The first-order valence-corrected chi connectivity index (χ1v) is 12.1. The van der Waals surface area contributed by atoms with Crippen LogP contribution >= 0.6 is 12.2 Å². The summed E-state index contributed by atoms with van der Waals surface area (Å²) in [4.78, 5) is 35.8. The Balaban J connectivity index is 1.85. The number of methoxy groups -OCH3 is 1. The summed E-state index contributed by atoms with van der Waals surface area (Å²) in [5.41, 5.74) is -3.57. The molecule has 40 heavy (non-hydrogen) atoms. The van der Waals surface area contributed by atoms with Gasteiger partial charge in [0.2, 0.25) is 5.88 Å². The summed E-state index contributed by atoms with van der Waals surface area (Å²) in [7, 11) is 1.17. The number of halogens is 4. The van der Waals surface area contributed by atoms with Gasteiger partial charge in [0, 0.05) is 12.1 Å². The Morgan fingerprint density at radius 2 is 1.88 bits per heavy atom. The summed E-state index contributed by atoms with van der Waals surface area (Å²) in [5.74, 6) is -2.06. The molecule has 0 atom stereocenters. The molecule has 2 aromatic carbocycles. The molecule has 0 bridgehead atoms. The van der Waals surface area contributed by atoms with Crippen molar-refractivity contribution < 1.29 is 36.6 Å². The number of aromatic nitrogens is 2. The molecule has 4 rings (SSSR count). The fourth-order valence-corrected chi connectivity index (χ4v) is 4.76. The number of hydrogen-bond donors (Lipinski definition) is 0. The predicted octanol–water partition coefficient (Wildman–Crippen LogP) is 4.69. The molecule has 0 N–H and O–H groups in total. The van der Waals surface area contributed by atoms with Gasteiger partial charge >= 0.3 is 12.1 Å². The first-order valence-electron chi connectivity index (χ1n) is 11.7. The highest BCUT2D eigenvalue weighted by Gasteiger charge is 2.51. The van der Waals surface area contributed by atoms with Gasteiger partial charge in [-0.1, -0.05) is 6.92 Å². The maximum atomic E-state index is 15.5. The molecule has 208 valence electrons. The third kappa shape index (κ3) is 4.88. The molecule has 0 unspecified atom stereocenters. The van der Waals surface area contributed by atoms with E-state index >= 15 is 4.39 Å². The minimum atomic E-state index is -4.86. The first-order chi connectivity index (χ1) is 18.7. The number of anilines is 2.